The summed E-state index contributed by atoms with van der Waals surface area (Å²) in [6.45, 7) is -0.623. The molecule has 0 fully saturated rings. The van der Waals surface area contributed by atoms with E-state index in [2.05, 4.69) is 11.8 Å². The zero-order valence-electron chi connectivity index (χ0n) is 12.4. The molecule has 1 N–H and O–H groups in total. The van der Waals surface area contributed by atoms with Gasteiger partial charge in [-0.1, -0.05) is 30.0 Å². The molecular formula is C16H10F5NO2S. The number of rotatable bonds is 3. The molecule has 0 aromatic heterocycles. The summed E-state index contributed by atoms with van der Waals surface area (Å²) in [6, 6.07) is 7.03. The Kier molecular flexibility index (Phi) is 5.45. The molecule has 0 aliphatic heterocycles. The van der Waals surface area contributed by atoms with Crippen LogP contribution in [0.25, 0.3) is 0 Å². The van der Waals surface area contributed by atoms with Crippen molar-refractivity contribution in [3.63, 3.8) is 0 Å². The summed E-state index contributed by atoms with van der Waals surface area (Å²) < 4.78 is 90.9. The summed E-state index contributed by atoms with van der Waals surface area (Å²) >= 11 is 0. The van der Waals surface area contributed by atoms with Crippen LogP contribution in [0.1, 0.15) is 11.1 Å². The molecule has 9 heteroatoms. The summed E-state index contributed by atoms with van der Waals surface area (Å²) in [5.41, 5.74) is -1.31. The van der Waals surface area contributed by atoms with Crippen LogP contribution in [0, 0.1) is 23.5 Å². The third-order valence-electron chi connectivity index (χ3n) is 2.99. The highest BCUT2D eigenvalue weighted by molar-refractivity contribution is 7.89. The van der Waals surface area contributed by atoms with Crippen LogP contribution >= 0.6 is 0 Å². The smallest absolute Gasteiger partial charge is 0.207 e. The van der Waals surface area contributed by atoms with Gasteiger partial charge >= 0.3 is 6.18 Å². The van der Waals surface area contributed by atoms with Gasteiger partial charge in [-0.25, -0.2) is 17.2 Å². The van der Waals surface area contributed by atoms with Gasteiger partial charge in [0.05, 0.1) is 12.1 Å². The first-order chi connectivity index (χ1) is 11.6. The third-order valence-corrected chi connectivity index (χ3v) is 4.45. The minimum atomic E-state index is -4.61. The van der Waals surface area contributed by atoms with Gasteiger partial charge in [-0.3, -0.25) is 0 Å². The minimum absolute atomic E-state index is 0.341. The van der Waals surface area contributed by atoms with Gasteiger partial charge in [0.25, 0.3) is 0 Å². The number of hydrogen-bond acceptors (Lipinski definition) is 2. The number of sulfonamides is 1. The Balaban J connectivity index is 2.19. The lowest BCUT2D eigenvalue weighted by Gasteiger charge is -2.08. The monoisotopic (exact) mass is 375 g/mol. The van der Waals surface area contributed by atoms with Crippen molar-refractivity contribution in [1.29, 1.82) is 0 Å². The van der Waals surface area contributed by atoms with Gasteiger partial charge in [0, 0.05) is 5.56 Å². The van der Waals surface area contributed by atoms with E-state index >= 15 is 0 Å². The molecule has 0 heterocycles. The van der Waals surface area contributed by atoms with Crippen LogP contribution in [-0.2, 0) is 16.2 Å². The number of alkyl halides is 3. The SMILES string of the molecule is O=S(=O)(NCC#Cc1ccccc1C(F)(F)F)c1c(F)cccc1F. The normalized spacial score (nSPS) is 11.7. The van der Waals surface area contributed by atoms with Crippen LogP contribution in [-0.4, -0.2) is 15.0 Å². The molecule has 132 valence electrons. The van der Waals surface area contributed by atoms with Crippen LogP contribution < -0.4 is 4.72 Å². The van der Waals surface area contributed by atoms with Gasteiger partial charge in [0.2, 0.25) is 10.0 Å². The highest BCUT2D eigenvalue weighted by Crippen LogP contribution is 2.31. The predicted octanol–water partition coefficient (Wildman–Crippen LogP) is 3.31. The third kappa shape index (κ3) is 4.55. The highest BCUT2D eigenvalue weighted by Gasteiger charge is 2.32. The van der Waals surface area contributed by atoms with Crippen molar-refractivity contribution in [2.24, 2.45) is 0 Å². The predicted molar refractivity (Wildman–Crippen MR) is 79.9 cm³/mol. The van der Waals surface area contributed by atoms with Gasteiger partial charge < -0.3 is 0 Å². The summed E-state index contributed by atoms with van der Waals surface area (Å²) in [5, 5.41) is 0. The zero-order valence-corrected chi connectivity index (χ0v) is 13.2. The van der Waals surface area contributed by atoms with Crippen LogP contribution in [0.4, 0.5) is 22.0 Å². The molecule has 0 saturated carbocycles. The summed E-state index contributed by atoms with van der Waals surface area (Å²) in [6.07, 6.45) is -4.61. The fourth-order valence-corrected chi connectivity index (χ4v) is 2.98. The van der Waals surface area contributed by atoms with E-state index < -0.39 is 44.8 Å². The number of hydrogen-bond donors (Lipinski definition) is 1. The van der Waals surface area contributed by atoms with Crippen LogP contribution in [0.5, 0.6) is 0 Å². The quantitative estimate of drug-likeness (QED) is 0.661. The summed E-state index contributed by atoms with van der Waals surface area (Å²) in [5.74, 6) is 1.80. The molecule has 0 spiro atoms. The average Bonchev–Trinajstić information content (AvgIpc) is 2.50. The molecule has 25 heavy (non-hydrogen) atoms. The van der Waals surface area contributed by atoms with E-state index in [-0.39, 0.29) is 5.56 Å². The standard InChI is InChI=1S/C16H10F5NO2S/c17-13-8-3-9-14(18)15(13)25(23,24)22-10-4-6-11-5-1-2-7-12(11)16(19,20)21/h1-3,5,7-9,22H,10H2. The van der Waals surface area contributed by atoms with Crippen molar-refractivity contribution in [3.8, 4) is 11.8 Å². The molecule has 0 aliphatic rings. The maximum Gasteiger partial charge on any atom is 0.417 e. The Bertz CT molecular complexity index is 923. The number of halogens is 5. The Morgan fingerprint density at radius 2 is 1.56 bits per heavy atom. The van der Waals surface area contributed by atoms with Crippen LogP contribution in [0.2, 0.25) is 0 Å². The van der Waals surface area contributed by atoms with Gasteiger partial charge in [-0.2, -0.15) is 17.9 Å². The molecule has 0 amide bonds. The highest BCUT2D eigenvalue weighted by atomic mass is 32.2. The molecule has 0 atom stereocenters. The first kappa shape index (κ1) is 18.9. The maximum atomic E-state index is 13.5. The van der Waals surface area contributed by atoms with Crippen LogP contribution in [0.3, 0.4) is 0 Å². The van der Waals surface area contributed by atoms with Crippen LogP contribution in [0.15, 0.2) is 47.4 Å². The van der Waals surface area contributed by atoms with E-state index in [4.69, 9.17) is 0 Å². The Labute approximate surface area is 140 Å². The lowest BCUT2D eigenvalue weighted by atomic mass is 10.1. The minimum Gasteiger partial charge on any atom is -0.207 e. The van der Waals surface area contributed by atoms with E-state index in [1.165, 1.54) is 12.1 Å². The molecule has 0 saturated heterocycles. The van der Waals surface area contributed by atoms with Gasteiger partial charge in [0.15, 0.2) is 4.90 Å². The van der Waals surface area contributed by atoms with Gasteiger partial charge in [0.1, 0.15) is 11.6 Å². The van der Waals surface area contributed by atoms with Crippen molar-refractivity contribution in [3.05, 3.63) is 65.2 Å². The van der Waals surface area contributed by atoms with Crippen molar-refractivity contribution in [2.45, 2.75) is 11.1 Å². The molecule has 0 unspecified atom stereocenters. The Morgan fingerprint density at radius 1 is 0.960 bits per heavy atom. The topological polar surface area (TPSA) is 46.2 Å². The second-order valence-electron chi connectivity index (χ2n) is 4.72. The van der Waals surface area contributed by atoms with E-state index in [0.29, 0.717) is 0 Å². The average molecular weight is 375 g/mol. The molecule has 0 aliphatic carbocycles. The van der Waals surface area contributed by atoms with Crippen molar-refractivity contribution >= 4 is 10.0 Å². The number of nitrogens with one attached hydrogen (secondary N) is 1. The van der Waals surface area contributed by atoms with Crippen molar-refractivity contribution in [1.82, 2.24) is 4.72 Å². The summed E-state index contributed by atoms with van der Waals surface area (Å²) in [4.78, 5) is -1.17. The molecule has 2 aromatic rings. The van der Waals surface area contributed by atoms with E-state index in [1.807, 2.05) is 4.72 Å². The first-order valence-corrected chi connectivity index (χ1v) is 8.20. The Morgan fingerprint density at radius 3 is 2.16 bits per heavy atom. The van der Waals surface area contributed by atoms with Crippen molar-refractivity contribution in [2.75, 3.05) is 6.54 Å². The fourth-order valence-electron chi connectivity index (χ4n) is 1.92. The molecule has 0 bridgehead atoms. The van der Waals surface area contributed by atoms with Gasteiger partial charge in [-0.15, -0.1) is 0 Å². The molecule has 3 nitrogen and oxygen atoms in total. The van der Waals surface area contributed by atoms with Crippen molar-refractivity contribution < 1.29 is 30.4 Å². The van der Waals surface area contributed by atoms with E-state index in [0.717, 1.165) is 30.3 Å². The molecular weight excluding hydrogens is 365 g/mol. The second kappa shape index (κ2) is 7.21. The van der Waals surface area contributed by atoms with E-state index in [1.54, 1.807) is 0 Å². The molecule has 0 radical (unpaired) electrons. The number of benzene rings is 2. The largest absolute Gasteiger partial charge is 0.417 e. The summed E-state index contributed by atoms with van der Waals surface area (Å²) in [7, 11) is -4.54. The Hall–Kier alpha value is -2.44. The molecule has 2 rings (SSSR count). The lowest BCUT2D eigenvalue weighted by molar-refractivity contribution is -0.137. The lowest BCUT2D eigenvalue weighted by Crippen LogP contribution is -2.26. The van der Waals surface area contributed by atoms with E-state index in [9.17, 15) is 30.4 Å². The fraction of sp³-hybridized carbons (Fsp3) is 0.125. The zero-order chi connectivity index (χ0) is 18.7. The second-order valence-corrected chi connectivity index (χ2v) is 6.42. The van der Waals surface area contributed by atoms with Gasteiger partial charge in [-0.05, 0) is 24.3 Å². The maximum absolute atomic E-state index is 13.5. The molecule has 2 aromatic carbocycles. The first-order valence-electron chi connectivity index (χ1n) is 6.71.